The maximum Gasteiger partial charge on any atom is 0.325 e. The number of piperazine rings is 1. The molecule has 0 aromatic carbocycles. The van der Waals surface area contributed by atoms with Crippen molar-refractivity contribution in [3.05, 3.63) is 0 Å². The fraction of sp³-hybridized carbons (Fsp3) is 0.867. The van der Waals surface area contributed by atoms with Gasteiger partial charge in [0, 0.05) is 39.3 Å². The van der Waals surface area contributed by atoms with Crippen molar-refractivity contribution in [3.8, 4) is 0 Å². The Hall–Kier alpha value is -1.14. The molecule has 0 aromatic rings. The molecule has 0 unspecified atom stereocenters. The number of urea groups is 1. The summed E-state index contributed by atoms with van der Waals surface area (Å²) >= 11 is 0. The number of nitrogens with zero attached hydrogens (tertiary/aromatic N) is 2. The van der Waals surface area contributed by atoms with Crippen molar-refractivity contribution in [2.24, 2.45) is 5.92 Å². The maximum atomic E-state index is 12.7. The Morgan fingerprint density at radius 2 is 1.81 bits per heavy atom. The van der Waals surface area contributed by atoms with E-state index < -0.39 is 5.54 Å². The zero-order valence-electron chi connectivity index (χ0n) is 12.9. The van der Waals surface area contributed by atoms with Gasteiger partial charge in [-0.05, 0) is 31.6 Å². The SMILES string of the molecule is CC1CCC2(CC1)NC(=O)N(CCN1CCNCC1)C2=O. The average molecular weight is 294 g/mol. The van der Waals surface area contributed by atoms with Crippen LogP contribution in [0.25, 0.3) is 0 Å². The predicted molar refractivity (Wildman–Crippen MR) is 79.9 cm³/mol. The number of carbonyl (C=O) groups excluding carboxylic acids is 2. The molecular weight excluding hydrogens is 268 g/mol. The topological polar surface area (TPSA) is 64.7 Å². The molecule has 0 bridgehead atoms. The van der Waals surface area contributed by atoms with Crippen LogP contribution in [0, 0.1) is 5.92 Å². The molecule has 2 N–H and O–H groups in total. The lowest BCUT2D eigenvalue weighted by Crippen LogP contribution is -2.50. The first-order chi connectivity index (χ1) is 10.1. The summed E-state index contributed by atoms with van der Waals surface area (Å²) in [5.74, 6) is 0.671. The Bertz CT molecular complexity index is 412. The van der Waals surface area contributed by atoms with Crippen molar-refractivity contribution in [2.75, 3.05) is 39.3 Å². The van der Waals surface area contributed by atoms with E-state index in [4.69, 9.17) is 0 Å². The van der Waals surface area contributed by atoms with E-state index in [1.165, 1.54) is 4.90 Å². The fourth-order valence-corrected chi connectivity index (χ4v) is 3.65. The van der Waals surface area contributed by atoms with Gasteiger partial charge in [-0.15, -0.1) is 0 Å². The second-order valence-electron chi connectivity index (χ2n) is 6.74. The smallest absolute Gasteiger partial charge is 0.323 e. The van der Waals surface area contributed by atoms with Gasteiger partial charge in [0.05, 0.1) is 0 Å². The summed E-state index contributed by atoms with van der Waals surface area (Å²) in [4.78, 5) is 28.6. The average Bonchev–Trinajstić information content (AvgIpc) is 2.73. The van der Waals surface area contributed by atoms with E-state index >= 15 is 0 Å². The molecule has 0 atom stereocenters. The lowest BCUT2D eigenvalue weighted by atomic mass is 9.77. The zero-order chi connectivity index (χ0) is 14.9. The summed E-state index contributed by atoms with van der Waals surface area (Å²) in [6.45, 7) is 7.48. The van der Waals surface area contributed by atoms with Crippen LogP contribution in [0.3, 0.4) is 0 Å². The van der Waals surface area contributed by atoms with Gasteiger partial charge < -0.3 is 10.6 Å². The summed E-state index contributed by atoms with van der Waals surface area (Å²) in [7, 11) is 0. The number of carbonyl (C=O) groups is 2. The highest BCUT2D eigenvalue weighted by Gasteiger charge is 2.51. The molecule has 1 saturated carbocycles. The van der Waals surface area contributed by atoms with Gasteiger partial charge in [-0.1, -0.05) is 6.92 Å². The molecule has 3 rings (SSSR count). The van der Waals surface area contributed by atoms with Crippen LogP contribution in [0.4, 0.5) is 4.79 Å². The van der Waals surface area contributed by atoms with E-state index in [2.05, 4.69) is 22.5 Å². The van der Waals surface area contributed by atoms with Gasteiger partial charge in [-0.25, -0.2) is 4.79 Å². The van der Waals surface area contributed by atoms with E-state index in [0.29, 0.717) is 12.5 Å². The van der Waals surface area contributed by atoms with Crippen LogP contribution in [-0.4, -0.2) is 66.5 Å². The molecule has 0 radical (unpaired) electrons. The standard InChI is InChI=1S/C15H26N4O2/c1-12-2-4-15(5-3-12)13(20)19(14(21)17-15)11-10-18-8-6-16-7-9-18/h12,16H,2-11H2,1H3,(H,17,21). The van der Waals surface area contributed by atoms with E-state index in [9.17, 15) is 9.59 Å². The molecule has 6 heteroatoms. The molecule has 3 fully saturated rings. The monoisotopic (exact) mass is 294 g/mol. The minimum Gasteiger partial charge on any atom is -0.323 e. The summed E-state index contributed by atoms with van der Waals surface area (Å²) in [5, 5.41) is 6.29. The first-order valence-corrected chi connectivity index (χ1v) is 8.18. The molecule has 3 amide bonds. The number of amides is 3. The number of rotatable bonds is 3. The van der Waals surface area contributed by atoms with Crippen molar-refractivity contribution in [2.45, 2.75) is 38.1 Å². The molecule has 1 spiro atoms. The van der Waals surface area contributed by atoms with Gasteiger partial charge in [0.1, 0.15) is 5.54 Å². The summed E-state index contributed by atoms with van der Waals surface area (Å²) < 4.78 is 0. The number of hydrogen-bond donors (Lipinski definition) is 2. The fourth-order valence-electron chi connectivity index (χ4n) is 3.65. The minimum absolute atomic E-state index is 0.00883. The van der Waals surface area contributed by atoms with Gasteiger partial charge in [-0.3, -0.25) is 14.6 Å². The van der Waals surface area contributed by atoms with Crippen molar-refractivity contribution < 1.29 is 9.59 Å². The summed E-state index contributed by atoms with van der Waals surface area (Å²) in [6, 6.07) is -0.190. The number of nitrogens with one attached hydrogen (secondary N) is 2. The van der Waals surface area contributed by atoms with E-state index in [1.54, 1.807) is 0 Å². The lowest BCUT2D eigenvalue weighted by molar-refractivity contribution is -0.132. The van der Waals surface area contributed by atoms with Crippen LogP contribution in [0.1, 0.15) is 32.6 Å². The van der Waals surface area contributed by atoms with Crippen LogP contribution in [-0.2, 0) is 4.79 Å². The van der Waals surface area contributed by atoms with Gasteiger partial charge >= 0.3 is 6.03 Å². The Morgan fingerprint density at radius 1 is 1.14 bits per heavy atom. The van der Waals surface area contributed by atoms with E-state index in [1.807, 2.05) is 0 Å². The predicted octanol–water partition coefficient (Wildman–Crippen LogP) is 0.392. The molecular formula is C15H26N4O2. The molecule has 21 heavy (non-hydrogen) atoms. The third kappa shape index (κ3) is 2.92. The molecule has 1 aliphatic carbocycles. The third-order valence-corrected chi connectivity index (χ3v) is 5.22. The Morgan fingerprint density at radius 3 is 2.48 bits per heavy atom. The van der Waals surface area contributed by atoms with E-state index in [-0.39, 0.29) is 11.9 Å². The van der Waals surface area contributed by atoms with E-state index in [0.717, 1.165) is 58.4 Å². The maximum absolute atomic E-state index is 12.7. The highest BCUT2D eigenvalue weighted by Crippen LogP contribution is 2.36. The molecule has 2 heterocycles. The second-order valence-corrected chi connectivity index (χ2v) is 6.74. The Labute approximate surface area is 126 Å². The van der Waals surface area contributed by atoms with Crippen LogP contribution >= 0.6 is 0 Å². The minimum atomic E-state index is -0.590. The number of hydrogen-bond acceptors (Lipinski definition) is 4. The molecule has 0 aromatic heterocycles. The third-order valence-electron chi connectivity index (χ3n) is 5.22. The summed E-state index contributed by atoms with van der Waals surface area (Å²) in [5.41, 5.74) is -0.590. The second kappa shape index (κ2) is 5.93. The lowest BCUT2D eigenvalue weighted by Gasteiger charge is -2.33. The van der Waals surface area contributed by atoms with Crippen molar-refractivity contribution in [1.82, 2.24) is 20.4 Å². The highest BCUT2D eigenvalue weighted by molar-refractivity contribution is 6.07. The molecule has 2 saturated heterocycles. The largest absolute Gasteiger partial charge is 0.325 e. The number of imide groups is 1. The van der Waals surface area contributed by atoms with Crippen molar-refractivity contribution in [3.63, 3.8) is 0 Å². The Balaban J connectivity index is 1.58. The van der Waals surface area contributed by atoms with Crippen LogP contribution in [0.15, 0.2) is 0 Å². The first kappa shape index (κ1) is 14.8. The Kier molecular flexibility index (Phi) is 4.17. The van der Waals surface area contributed by atoms with Crippen LogP contribution in [0.5, 0.6) is 0 Å². The van der Waals surface area contributed by atoms with Crippen molar-refractivity contribution in [1.29, 1.82) is 0 Å². The summed E-state index contributed by atoms with van der Waals surface area (Å²) in [6.07, 6.45) is 3.64. The van der Waals surface area contributed by atoms with Crippen LogP contribution < -0.4 is 10.6 Å². The normalized spacial score (nSPS) is 34.5. The highest BCUT2D eigenvalue weighted by atomic mass is 16.2. The van der Waals surface area contributed by atoms with Crippen LogP contribution in [0.2, 0.25) is 0 Å². The molecule has 3 aliphatic rings. The molecule has 2 aliphatic heterocycles. The zero-order valence-corrected chi connectivity index (χ0v) is 12.9. The van der Waals surface area contributed by atoms with Gasteiger partial charge in [0.2, 0.25) is 0 Å². The molecule has 118 valence electrons. The van der Waals surface area contributed by atoms with Crippen molar-refractivity contribution >= 4 is 11.9 Å². The van der Waals surface area contributed by atoms with Gasteiger partial charge in [0.25, 0.3) is 5.91 Å². The quantitative estimate of drug-likeness (QED) is 0.739. The van der Waals surface area contributed by atoms with Gasteiger partial charge in [-0.2, -0.15) is 0 Å². The van der Waals surface area contributed by atoms with Gasteiger partial charge in [0.15, 0.2) is 0 Å². The first-order valence-electron chi connectivity index (χ1n) is 8.18. The molecule has 6 nitrogen and oxygen atoms in total.